The Labute approximate surface area is 166 Å². The maximum Gasteiger partial charge on any atom is 0.327 e. The Bertz CT molecular complexity index is 579. The summed E-state index contributed by atoms with van der Waals surface area (Å²) in [6, 6.07) is -0.258. The van der Waals surface area contributed by atoms with Crippen LogP contribution in [0, 0.1) is 0 Å². The van der Waals surface area contributed by atoms with Crippen LogP contribution in [0.2, 0.25) is 0 Å². The fourth-order valence-corrected chi connectivity index (χ4v) is 5.08. The number of ether oxygens (including phenoxy) is 2. The molecule has 4 rings (SSSR count). The second-order valence-electron chi connectivity index (χ2n) is 7.71. The van der Waals surface area contributed by atoms with Gasteiger partial charge in [-0.3, -0.25) is 19.6 Å². The summed E-state index contributed by atoms with van der Waals surface area (Å²) in [4.78, 5) is 33.9. The van der Waals surface area contributed by atoms with E-state index in [1.807, 2.05) is 0 Å². The number of carbonyl (C=O) groups is 2. The summed E-state index contributed by atoms with van der Waals surface area (Å²) in [5, 5.41) is 0. The zero-order valence-corrected chi connectivity index (χ0v) is 16.5. The number of fused-ring (bicyclic) bond motifs is 9. The van der Waals surface area contributed by atoms with Gasteiger partial charge in [0.05, 0.1) is 13.2 Å². The van der Waals surface area contributed by atoms with Crippen LogP contribution >= 0.6 is 0 Å². The van der Waals surface area contributed by atoms with E-state index < -0.39 is 11.7 Å². The molecule has 0 spiro atoms. The average molecular weight is 390 g/mol. The molecule has 0 atom stereocenters. The van der Waals surface area contributed by atoms with Gasteiger partial charge in [0.1, 0.15) is 0 Å². The fraction of sp³-hybridized carbons (Fsp3) is 0.700. The highest BCUT2D eigenvalue weighted by molar-refractivity contribution is 5.87. The molecule has 4 aliphatic rings. The summed E-state index contributed by atoms with van der Waals surface area (Å²) >= 11 is 0. The number of hydrogen-bond acceptors (Lipinski definition) is 4. The molecule has 0 N–H and O–H groups in total. The molecule has 28 heavy (non-hydrogen) atoms. The minimum absolute atomic E-state index is 0.129. The molecule has 0 aromatic carbocycles. The molecule has 4 heterocycles. The van der Waals surface area contributed by atoms with Crippen molar-refractivity contribution in [2.24, 2.45) is 0 Å². The number of carbonyl (C=O) groups excluding carboxylic acids is 2. The molecule has 4 bridgehead atoms. The molecule has 8 heteroatoms. The number of urea groups is 2. The van der Waals surface area contributed by atoms with E-state index in [1.165, 1.54) is 0 Å². The Morgan fingerprint density at radius 3 is 1.29 bits per heavy atom. The van der Waals surface area contributed by atoms with Crippen molar-refractivity contribution in [3.05, 3.63) is 25.3 Å². The highest BCUT2D eigenvalue weighted by Crippen LogP contribution is 2.54. The first-order valence-corrected chi connectivity index (χ1v) is 10.3. The molecular formula is C20H30N4O4. The Hall–Kier alpha value is -2.06. The Morgan fingerprint density at radius 1 is 0.679 bits per heavy atom. The number of nitrogens with zero attached hydrogens (tertiary/aromatic N) is 4. The lowest BCUT2D eigenvalue weighted by atomic mass is 10.2. The lowest BCUT2D eigenvalue weighted by Crippen LogP contribution is -2.70. The van der Waals surface area contributed by atoms with Crippen molar-refractivity contribution in [3.63, 3.8) is 0 Å². The van der Waals surface area contributed by atoms with Gasteiger partial charge in [-0.2, -0.15) is 0 Å². The third kappa shape index (κ3) is 2.37. The molecule has 0 saturated carbocycles. The molecule has 4 saturated heterocycles. The smallest absolute Gasteiger partial charge is 0.327 e. The molecule has 0 radical (unpaired) electrons. The van der Waals surface area contributed by atoms with Crippen molar-refractivity contribution in [1.29, 1.82) is 0 Å². The van der Waals surface area contributed by atoms with Crippen molar-refractivity contribution < 1.29 is 19.1 Å². The monoisotopic (exact) mass is 390 g/mol. The van der Waals surface area contributed by atoms with Crippen LogP contribution in [0.15, 0.2) is 25.3 Å². The SMILES string of the molecule is C=CCO[C@]12N3CCCCCN(C3=O)[C@@]1(OCC=C)N1CCCCCN2C1=O. The van der Waals surface area contributed by atoms with Crippen molar-refractivity contribution in [3.8, 4) is 0 Å². The van der Waals surface area contributed by atoms with Gasteiger partial charge in [-0.05, 0) is 38.5 Å². The van der Waals surface area contributed by atoms with Crippen LogP contribution in [0.3, 0.4) is 0 Å². The summed E-state index contributed by atoms with van der Waals surface area (Å²) in [6.07, 6.45) is 8.84. The van der Waals surface area contributed by atoms with E-state index >= 15 is 0 Å². The molecule has 4 amide bonds. The first-order chi connectivity index (χ1) is 13.6. The van der Waals surface area contributed by atoms with Gasteiger partial charge in [-0.15, -0.1) is 13.2 Å². The van der Waals surface area contributed by atoms with Crippen LogP contribution in [0.5, 0.6) is 0 Å². The van der Waals surface area contributed by atoms with Crippen LogP contribution in [-0.4, -0.2) is 82.8 Å². The lowest BCUT2D eigenvalue weighted by Gasteiger charge is -2.47. The van der Waals surface area contributed by atoms with Crippen molar-refractivity contribution in [2.45, 2.75) is 50.2 Å². The Balaban J connectivity index is 1.95. The fourth-order valence-electron chi connectivity index (χ4n) is 5.08. The van der Waals surface area contributed by atoms with Crippen molar-refractivity contribution in [1.82, 2.24) is 19.6 Å². The van der Waals surface area contributed by atoms with Crippen LogP contribution < -0.4 is 0 Å². The van der Waals surface area contributed by atoms with E-state index in [4.69, 9.17) is 9.47 Å². The van der Waals surface area contributed by atoms with E-state index in [2.05, 4.69) is 13.2 Å². The number of amides is 4. The maximum absolute atomic E-state index is 13.5. The third-order valence-electron chi connectivity index (χ3n) is 6.14. The second kappa shape index (κ2) is 7.40. The predicted octanol–water partition coefficient (Wildman–Crippen LogP) is 2.54. The van der Waals surface area contributed by atoms with Crippen LogP contribution in [0.4, 0.5) is 9.59 Å². The summed E-state index contributed by atoms with van der Waals surface area (Å²) in [5.41, 5.74) is 0. The Morgan fingerprint density at radius 2 is 1.00 bits per heavy atom. The molecular weight excluding hydrogens is 360 g/mol. The largest absolute Gasteiger partial charge is 0.328 e. The number of hydrogen-bond donors (Lipinski definition) is 0. The molecule has 0 unspecified atom stereocenters. The second-order valence-corrected chi connectivity index (χ2v) is 7.71. The van der Waals surface area contributed by atoms with Gasteiger partial charge < -0.3 is 9.47 Å². The molecule has 0 aromatic heterocycles. The maximum atomic E-state index is 13.5. The lowest BCUT2D eigenvalue weighted by molar-refractivity contribution is -0.326. The van der Waals surface area contributed by atoms with E-state index in [0.717, 1.165) is 38.5 Å². The highest BCUT2D eigenvalue weighted by Gasteiger charge is 2.81. The molecule has 8 nitrogen and oxygen atoms in total. The summed E-state index contributed by atoms with van der Waals surface area (Å²) in [7, 11) is 0. The van der Waals surface area contributed by atoms with Crippen LogP contribution in [-0.2, 0) is 9.47 Å². The molecule has 154 valence electrons. The van der Waals surface area contributed by atoms with Crippen LogP contribution in [0.25, 0.3) is 0 Å². The van der Waals surface area contributed by atoms with E-state index in [1.54, 1.807) is 31.8 Å². The topological polar surface area (TPSA) is 65.6 Å². The minimum atomic E-state index is -1.31. The van der Waals surface area contributed by atoms with Gasteiger partial charge in [0.15, 0.2) is 0 Å². The highest BCUT2D eigenvalue weighted by atomic mass is 16.6. The van der Waals surface area contributed by atoms with Gasteiger partial charge in [0, 0.05) is 26.2 Å². The van der Waals surface area contributed by atoms with Gasteiger partial charge in [0.25, 0.3) is 0 Å². The minimum Gasteiger partial charge on any atom is -0.328 e. The summed E-state index contributed by atoms with van der Waals surface area (Å²) < 4.78 is 12.8. The Kier molecular flexibility index (Phi) is 5.09. The third-order valence-corrected chi connectivity index (χ3v) is 6.14. The average Bonchev–Trinajstić information content (AvgIpc) is 3.03. The molecule has 4 fully saturated rings. The van der Waals surface area contributed by atoms with Crippen LogP contribution in [0.1, 0.15) is 38.5 Å². The van der Waals surface area contributed by atoms with Gasteiger partial charge in [-0.1, -0.05) is 12.2 Å². The predicted molar refractivity (Wildman–Crippen MR) is 103 cm³/mol. The summed E-state index contributed by atoms with van der Waals surface area (Å²) in [5.74, 6) is -2.62. The first-order valence-electron chi connectivity index (χ1n) is 10.3. The summed E-state index contributed by atoms with van der Waals surface area (Å²) in [6.45, 7) is 10.1. The van der Waals surface area contributed by atoms with Crippen molar-refractivity contribution in [2.75, 3.05) is 39.4 Å². The van der Waals surface area contributed by atoms with Gasteiger partial charge >= 0.3 is 23.8 Å². The van der Waals surface area contributed by atoms with E-state index in [-0.39, 0.29) is 25.3 Å². The molecule has 4 aliphatic heterocycles. The zero-order chi connectivity index (χ0) is 19.8. The van der Waals surface area contributed by atoms with E-state index in [0.29, 0.717) is 26.2 Å². The van der Waals surface area contributed by atoms with Gasteiger partial charge in [-0.25, -0.2) is 9.59 Å². The quantitative estimate of drug-likeness (QED) is 0.654. The van der Waals surface area contributed by atoms with Gasteiger partial charge in [0.2, 0.25) is 0 Å². The number of rotatable bonds is 6. The molecule has 0 aromatic rings. The van der Waals surface area contributed by atoms with E-state index in [9.17, 15) is 9.59 Å². The first kappa shape index (κ1) is 19.3. The zero-order valence-electron chi connectivity index (χ0n) is 16.5. The molecule has 0 aliphatic carbocycles. The standard InChI is InChI=1S/C20H30N4O4/c1-3-15-27-19-20(28-16-4-2,23-13-9-5-7-11-21(19)17(23)25)24-14-10-6-8-12-22(19)18(24)26/h3-4H,1-2,5-16H2/t19-,20+. The normalized spacial score (nSPS) is 32.6. The van der Waals surface area contributed by atoms with Crippen molar-refractivity contribution >= 4 is 12.1 Å².